The van der Waals surface area contributed by atoms with Gasteiger partial charge in [0.15, 0.2) is 0 Å². The molecule has 21 heavy (non-hydrogen) atoms. The lowest BCUT2D eigenvalue weighted by Crippen LogP contribution is -2.46. The lowest BCUT2D eigenvalue weighted by atomic mass is 9.69. The Kier molecular flexibility index (Phi) is 3.27. The Morgan fingerprint density at radius 2 is 1.90 bits per heavy atom. The normalized spacial score (nSPS) is 33.0. The fourth-order valence-electron chi connectivity index (χ4n) is 4.41. The number of rotatable bonds is 3. The molecule has 0 aliphatic heterocycles. The van der Waals surface area contributed by atoms with Crippen LogP contribution in [0, 0.1) is 16.7 Å². The monoisotopic (exact) mass is 287 g/mol. The van der Waals surface area contributed by atoms with Crippen molar-refractivity contribution in [2.75, 3.05) is 7.11 Å². The van der Waals surface area contributed by atoms with Gasteiger partial charge in [-0.1, -0.05) is 20.8 Å². The zero-order valence-corrected chi connectivity index (χ0v) is 13.4. The van der Waals surface area contributed by atoms with E-state index in [9.17, 15) is 4.79 Å². The zero-order chi connectivity index (χ0) is 15.3. The summed E-state index contributed by atoms with van der Waals surface area (Å²) in [6.45, 7) is 7.08. The fraction of sp³-hybridized carbons (Fsp3) is 0.611. The highest BCUT2D eigenvalue weighted by Gasteiger charge is 2.61. The molecule has 3 rings (SSSR count). The van der Waals surface area contributed by atoms with Crippen molar-refractivity contribution in [2.45, 2.75) is 46.1 Å². The number of carbonyl (C=O) groups is 1. The number of carbonyl (C=O) groups excluding carboxylic acids is 1. The number of benzene rings is 1. The Morgan fingerprint density at radius 1 is 1.24 bits per heavy atom. The standard InChI is InChI=1S/C18H25NO2/c1-17(2)13-9-10-18(17,3)15(11-13)19-16(20)12-5-7-14(21-4)8-6-12/h5-8,13,15H,9-11H2,1-4H3,(H,19,20)/t13-,15+,18-/m1/s1. The van der Waals surface area contributed by atoms with Gasteiger partial charge >= 0.3 is 0 Å². The second-order valence-electron chi connectivity index (χ2n) is 7.37. The topological polar surface area (TPSA) is 38.3 Å². The van der Waals surface area contributed by atoms with Crippen molar-refractivity contribution in [3.8, 4) is 5.75 Å². The summed E-state index contributed by atoms with van der Waals surface area (Å²) >= 11 is 0. The first kappa shape index (κ1) is 14.4. The number of amides is 1. The van der Waals surface area contributed by atoms with Crippen LogP contribution in [-0.2, 0) is 0 Å². The summed E-state index contributed by atoms with van der Waals surface area (Å²) in [6.07, 6.45) is 3.64. The number of hydrogen-bond donors (Lipinski definition) is 1. The largest absolute Gasteiger partial charge is 0.497 e. The molecule has 0 saturated heterocycles. The van der Waals surface area contributed by atoms with E-state index in [0.717, 1.165) is 18.1 Å². The molecule has 0 spiro atoms. The van der Waals surface area contributed by atoms with E-state index in [0.29, 0.717) is 17.0 Å². The van der Waals surface area contributed by atoms with Gasteiger partial charge in [0.25, 0.3) is 5.91 Å². The molecular weight excluding hydrogens is 262 g/mol. The third-order valence-corrected chi connectivity index (χ3v) is 6.45. The molecular formula is C18H25NO2. The average Bonchev–Trinajstić information content (AvgIpc) is 2.80. The minimum atomic E-state index is 0.0345. The highest BCUT2D eigenvalue weighted by Crippen LogP contribution is 2.65. The Labute approximate surface area is 127 Å². The van der Waals surface area contributed by atoms with Crippen molar-refractivity contribution < 1.29 is 9.53 Å². The van der Waals surface area contributed by atoms with Crippen molar-refractivity contribution in [3.05, 3.63) is 29.8 Å². The maximum absolute atomic E-state index is 12.5. The first-order valence-electron chi connectivity index (χ1n) is 7.83. The maximum Gasteiger partial charge on any atom is 0.251 e. The van der Waals surface area contributed by atoms with Gasteiger partial charge in [-0.15, -0.1) is 0 Å². The minimum Gasteiger partial charge on any atom is -0.497 e. The van der Waals surface area contributed by atoms with Crippen LogP contribution in [0.2, 0.25) is 0 Å². The van der Waals surface area contributed by atoms with E-state index in [1.807, 2.05) is 24.3 Å². The molecule has 3 atom stereocenters. The van der Waals surface area contributed by atoms with Gasteiger partial charge in [0.05, 0.1) is 7.11 Å². The molecule has 2 saturated carbocycles. The lowest BCUT2D eigenvalue weighted by molar-refractivity contribution is 0.0826. The highest BCUT2D eigenvalue weighted by molar-refractivity contribution is 5.94. The molecule has 1 aromatic rings. The highest BCUT2D eigenvalue weighted by atomic mass is 16.5. The Hall–Kier alpha value is -1.51. The van der Waals surface area contributed by atoms with Crippen LogP contribution in [0.15, 0.2) is 24.3 Å². The van der Waals surface area contributed by atoms with E-state index < -0.39 is 0 Å². The Bertz CT molecular complexity index is 549. The summed E-state index contributed by atoms with van der Waals surface area (Å²) in [5.74, 6) is 1.55. The molecule has 0 heterocycles. The van der Waals surface area contributed by atoms with E-state index >= 15 is 0 Å². The van der Waals surface area contributed by atoms with Crippen molar-refractivity contribution in [1.82, 2.24) is 5.32 Å². The first-order valence-corrected chi connectivity index (χ1v) is 7.83. The van der Waals surface area contributed by atoms with Crippen molar-refractivity contribution in [2.24, 2.45) is 16.7 Å². The maximum atomic E-state index is 12.5. The molecule has 2 bridgehead atoms. The predicted molar refractivity (Wildman–Crippen MR) is 83.5 cm³/mol. The van der Waals surface area contributed by atoms with Crippen LogP contribution in [-0.4, -0.2) is 19.1 Å². The lowest BCUT2D eigenvalue weighted by Gasteiger charge is -2.39. The number of hydrogen-bond acceptors (Lipinski definition) is 2. The van der Waals surface area contributed by atoms with Crippen molar-refractivity contribution in [3.63, 3.8) is 0 Å². The molecule has 3 nitrogen and oxygen atoms in total. The van der Waals surface area contributed by atoms with Crippen LogP contribution < -0.4 is 10.1 Å². The number of nitrogens with one attached hydrogen (secondary N) is 1. The summed E-state index contributed by atoms with van der Waals surface area (Å²) in [5, 5.41) is 3.28. The van der Waals surface area contributed by atoms with Gasteiger partial charge in [-0.05, 0) is 60.3 Å². The number of fused-ring (bicyclic) bond motifs is 2. The van der Waals surface area contributed by atoms with Crippen LogP contribution in [0.5, 0.6) is 5.75 Å². The van der Waals surface area contributed by atoms with Gasteiger partial charge in [-0.3, -0.25) is 4.79 Å². The molecule has 0 unspecified atom stereocenters. The van der Waals surface area contributed by atoms with Gasteiger partial charge in [-0.25, -0.2) is 0 Å². The predicted octanol–water partition coefficient (Wildman–Crippen LogP) is 3.64. The van der Waals surface area contributed by atoms with E-state index in [2.05, 4.69) is 26.1 Å². The summed E-state index contributed by atoms with van der Waals surface area (Å²) in [6, 6.07) is 7.62. The van der Waals surface area contributed by atoms with Gasteiger partial charge in [-0.2, -0.15) is 0 Å². The molecule has 0 aromatic heterocycles. The third-order valence-electron chi connectivity index (χ3n) is 6.45. The van der Waals surface area contributed by atoms with E-state index in [4.69, 9.17) is 4.74 Å². The van der Waals surface area contributed by atoms with E-state index in [1.165, 1.54) is 12.8 Å². The van der Waals surface area contributed by atoms with Crippen LogP contribution in [0.1, 0.15) is 50.4 Å². The van der Waals surface area contributed by atoms with Crippen LogP contribution in [0.3, 0.4) is 0 Å². The molecule has 2 aliphatic rings. The summed E-state index contributed by atoms with van der Waals surface area (Å²) in [5.41, 5.74) is 1.25. The molecule has 0 radical (unpaired) electrons. The summed E-state index contributed by atoms with van der Waals surface area (Å²) in [4.78, 5) is 12.5. The van der Waals surface area contributed by atoms with E-state index in [-0.39, 0.29) is 11.3 Å². The van der Waals surface area contributed by atoms with Crippen LogP contribution in [0.25, 0.3) is 0 Å². The van der Waals surface area contributed by atoms with Gasteiger partial charge in [0, 0.05) is 11.6 Å². The second kappa shape index (κ2) is 4.75. The van der Waals surface area contributed by atoms with Gasteiger partial charge in [0.1, 0.15) is 5.75 Å². The fourth-order valence-corrected chi connectivity index (χ4v) is 4.41. The van der Waals surface area contributed by atoms with Crippen molar-refractivity contribution >= 4 is 5.91 Å². The molecule has 1 amide bonds. The Balaban J connectivity index is 1.74. The quantitative estimate of drug-likeness (QED) is 0.921. The van der Waals surface area contributed by atoms with Gasteiger partial charge in [0.2, 0.25) is 0 Å². The van der Waals surface area contributed by atoms with Crippen LogP contribution in [0.4, 0.5) is 0 Å². The molecule has 114 valence electrons. The molecule has 1 aromatic carbocycles. The molecule has 1 N–H and O–H groups in total. The minimum absolute atomic E-state index is 0.0345. The van der Waals surface area contributed by atoms with Gasteiger partial charge < -0.3 is 10.1 Å². The molecule has 2 aliphatic carbocycles. The summed E-state index contributed by atoms with van der Waals surface area (Å²) in [7, 11) is 1.63. The smallest absolute Gasteiger partial charge is 0.251 e. The first-order chi connectivity index (χ1) is 9.88. The third kappa shape index (κ3) is 2.05. The SMILES string of the molecule is COc1ccc(C(=O)N[C@H]2C[C@H]3CC[C@@]2(C)C3(C)C)cc1. The molecule has 2 fully saturated rings. The molecule has 3 heteroatoms. The summed E-state index contributed by atoms with van der Waals surface area (Å²) < 4.78 is 5.13. The number of ether oxygens (including phenoxy) is 1. The van der Waals surface area contributed by atoms with Crippen molar-refractivity contribution in [1.29, 1.82) is 0 Å². The average molecular weight is 287 g/mol. The van der Waals surface area contributed by atoms with E-state index in [1.54, 1.807) is 7.11 Å². The second-order valence-corrected chi connectivity index (χ2v) is 7.37. The Morgan fingerprint density at radius 3 is 2.38 bits per heavy atom. The zero-order valence-electron chi connectivity index (χ0n) is 13.4. The van der Waals surface area contributed by atoms with Crippen LogP contribution >= 0.6 is 0 Å². The number of methoxy groups -OCH3 is 1.